The molecule has 0 radical (unpaired) electrons. The van der Waals surface area contributed by atoms with Crippen LogP contribution < -0.4 is 0 Å². The molecule has 0 spiro atoms. The summed E-state index contributed by atoms with van der Waals surface area (Å²) in [6.07, 6.45) is 0. The summed E-state index contributed by atoms with van der Waals surface area (Å²) in [6.45, 7) is 5.18. The Hall–Kier alpha value is -0.900. The molecule has 0 amide bonds. The van der Waals surface area contributed by atoms with Gasteiger partial charge in [0.2, 0.25) is 0 Å². The molecule has 3 heteroatoms. The Labute approximate surface area is 89.3 Å². The van der Waals surface area contributed by atoms with Crippen molar-refractivity contribution in [3.63, 3.8) is 0 Å². The number of ether oxygens (including phenoxy) is 1. The van der Waals surface area contributed by atoms with Crippen LogP contribution in [0.3, 0.4) is 0 Å². The van der Waals surface area contributed by atoms with Gasteiger partial charge in [0.15, 0.2) is 0 Å². The van der Waals surface area contributed by atoms with Crippen molar-refractivity contribution in [3.8, 4) is 0 Å². The smallest absolute Gasteiger partial charge is 0.0727 e. The number of rotatable bonds is 2. The summed E-state index contributed by atoms with van der Waals surface area (Å²) in [5.74, 6) is 0. The van der Waals surface area contributed by atoms with E-state index in [0.29, 0.717) is 13.2 Å². The van der Waals surface area contributed by atoms with Crippen LogP contribution in [0.1, 0.15) is 33.4 Å². The molecule has 0 saturated heterocycles. The highest BCUT2D eigenvalue weighted by Gasteiger charge is 2.22. The molecule has 3 nitrogen and oxygen atoms in total. The van der Waals surface area contributed by atoms with Gasteiger partial charge in [-0.2, -0.15) is 0 Å². The van der Waals surface area contributed by atoms with Gasteiger partial charge < -0.3 is 14.9 Å². The lowest BCUT2D eigenvalue weighted by Gasteiger charge is -2.16. The van der Waals surface area contributed by atoms with Gasteiger partial charge in [0.05, 0.1) is 26.4 Å². The van der Waals surface area contributed by atoms with E-state index in [2.05, 4.69) is 0 Å². The summed E-state index contributed by atoms with van der Waals surface area (Å²) >= 11 is 0. The molecule has 82 valence electrons. The molecule has 1 heterocycles. The van der Waals surface area contributed by atoms with Crippen molar-refractivity contribution in [1.29, 1.82) is 0 Å². The van der Waals surface area contributed by atoms with Gasteiger partial charge in [-0.25, -0.2) is 0 Å². The second kappa shape index (κ2) is 3.93. The summed E-state index contributed by atoms with van der Waals surface area (Å²) in [5, 5.41) is 18.7. The molecule has 0 fully saturated rings. The van der Waals surface area contributed by atoms with E-state index in [0.717, 1.165) is 22.3 Å². The van der Waals surface area contributed by atoms with Crippen molar-refractivity contribution in [1.82, 2.24) is 0 Å². The van der Waals surface area contributed by atoms with Gasteiger partial charge in [0, 0.05) is 0 Å². The first-order valence-electron chi connectivity index (χ1n) is 5.12. The number of aliphatic hydroxyl groups excluding tert-OH is 2. The second-order valence-electron chi connectivity index (χ2n) is 3.97. The van der Waals surface area contributed by atoms with E-state index in [1.807, 2.05) is 13.8 Å². The van der Waals surface area contributed by atoms with Crippen molar-refractivity contribution in [2.75, 3.05) is 0 Å². The molecule has 2 rings (SSSR count). The monoisotopic (exact) mass is 208 g/mol. The second-order valence-corrected chi connectivity index (χ2v) is 3.97. The van der Waals surface area contributed by atoms with Crippen LogP contribution in [0, 0.1) is 13.8 Å². The van der Waals surface area contributed by atoms with Crippen LogP contribution in [0.2, 0.25) is 0 Å². The molecule has 0 aromatic heterocycles. The normalized spacial score (nSPS) is 14.4. The standard InChI is InChI=1S/C12H16O3/c1-7-9(3-13)10(4-14)8(2)12-6-15-5-11(7)12/h13-14H,3-6H2,1-2H3. The van der Waals surface area contributed by atoms with Crippen molar-refractivity contribution in [2.45, 2.75) is 40.3 Å². The van der Waals surface area contributed by atoms with Crippen molar-refractivity contribution >= 4 is 0 Å². The van der Waals surface area contributed by atoms with E-state index in [1.54, 1.807) is 0 Å². The Bertz CT molecular complexity index is 360. The highest BCUT2D eigenvalue weighted by atomic mass is 16.5. The lowest BCUT2D eigenvalue weighted by molar-refractivity contribution is 0.134. The van der Waals surface area contributed by atoms with Crippen LogP contribution >= 0.6 is 0 Å². The maximum absolute atomic E-state index is 9.33. The lowest BCUT2D eigenvalue weighted by Crippen LogP contribution is -2.06. The number of fused-ring (bicyclic) bond motifs is 1. The van der Waals surface area contributed by atoms with Gasteiger partial charge in [-0.15, -0.1) is 0 Å². The maximum Gasteiger partial charge on any atom is 0.0727 e. The van der Waals surface area contributed by atoms with Crippen LogP contribution in [0.25, 0.3) is 0 Å². The summed E-state index contributed by atoms with van der Waals surface area (Å²) in [7, 11) is 0. The van der Waals surface area contributed by atoms with Crippen LogP contribution in [0.4, 0.5) is 0 Å². The Balaban J connectivity index is 2.71. The molecule has 1 aromatic carbocycles. The van der Waals surface area contributed by atoms with Gasteiger partial charge in [-0.05, 0) is 47.2 Å². The third kappa shape index (κ3) is 1.47. The van der Waals surface area contributed by atoms with Gasteiger partial charge in [0.25, 0.3) is 0 Å². The van der Waals surface area contributed by atoms with E-state index in [4.69, 9.17) is 4.74 Å². The van der Waals surface area contributed by atoms with E-state index < -0.39 is 0 Å². The van der Waals surface area contributed by atoms with Gasteiger partial charge in [-0.3, -0.25) is 0 Å². The molecule has 1 aromatic rings. The van der Waals surface area contributed by atoms with Gasteiger partial charge >= 0.3 is 0 Å². The SMILES string of the molecule is Cc1c(CO)c(CO)c(C)c2c1COC2. The topological polar surface area (TPSA) is 49.7 Å². The fourth-order valence-corrected chi connectivity index (χ4v) is 2.34. The van der Waals surface area contributed by atoms with Crippen LogP contribution in [0.15, 0.2) is 0 Å². The Morgan fingerprint density at radius 1 is 0.933 bits per heavy atom. The molecule has 0 atom stereocenters. The zero-order valence-electron chi connectivity index (χ0n) is 9.13. The lowest BCUT2D eigenvalue weighted by atomic mass is 9.89. The summed E-state index contributed by atoms with van der Waals surface area (Å²) in [4.78, 5) is 0. The third-order valence-electron chi connectivity index (χ3n) is 3.35. The average Bonchev–Trinajstić information content (AvgIpc) is 2.72. The zero-order valence-corrected chi connectivity index (χ0v) is 9.13. The highest BCUT2D eigenvalue weighted by Crippen LogP contribution is 2.32. The predicted molar refractivity (Wildman–Crippen MR) is 56.3 cm³/mol. The largest absolute Gasteiger partial charge is 0.392 e. The average molecular weight is 208 g/mol. The first-order chi connectivity index (χ1) is 7.20. The summed E-state index contributed by atoms with van der Waals surface area (Å²) in [5.41, 5.74) is 6.24. The third-order valence-corrected chi connectivity index (χ3v) is 3.35. The van der Waals surface area contributed by atoms with E-state index in [-0.39, 0.29) is 13.2 Å². The molecule has 0 aliphatic carbocycles. The van der Waals surface area contributed by atoms with Crippen LogP contribution in [0.5, 0.6) is 0 Å². The van der Waals surface area contributed by atoms with E-state index in [9.17, 15) is 10.2 Å². The van der Waals surface area contributed by atoms with E-state index in [1.165, 1.54) is 11.1 Å². The van der Waals surface area contributed by atoms with Crippen molar-refractivity contribution in [2.24, 2.45) is 0 Å². The number of hydrogen-bond acceptors (Lipinski definition) is 3. The molecule has 2 N–H and O–H groups in total. The minimum Gasteiger partial charge on any atom is -0.392 e. The number of hydrogen-bond donors (Lipinski definition) is 2. The summed E-state index contributed by atoms with van der Waals surface area (Å²) < 4.78 is 5.41. The van der Waals surface area contributed by atoms with Gasteiger partial charge in [0.1, 0.15) is 0 Å². The first-order valence-corrected chi connectivity index (χ1v) is 5.12. The van der Waals surface area contributed by atoms with Crippen molar-refractivity contribution in [3.05, 3.63) is 33.4 Å². The number of benzene rings is 1. The minimum atomic E-state index is -0.0180. The van der Waals surface area contributed by atoms with Crippen LogP contribution in [-0.4, -0.2) is 10.2 Å². The molecule has 1 aliphatic heterocycles. The molecule has 1 aliphatic rings. The molecule has 0 unspecified atom stereocenters. The van der Waals surface area contributed by atoms with Gasteiger partial charge in [-0.1, -0.05) is 0 Å². The fourth-order valence-electron chi connectivity index (χ4n) is 2.34. The maximum atomic E-state index is 9.33. The first kappa shape index (κ1) is 10.6. The molecular formula is C12H16O3. The fraction of sp³-hybridized carbons (Fsp3) is 0.500. The number of aliphatic hydroxyl groups is 2. The minimum absolute atomic E-state index is 0.0180. The van der Waals surface area contributed by atoms with E-state index >= 15 is 0 Å². The summed E-state index contributed by atoms with van der Waals surface area (Å²) in [6, 6.07) is 0. The predicted octanol–water partition coefficient (Wildman–Crippen LogP) is 1.32. The Kier molecular flexibility index (Phi) is 2.78. The highest BCUT2D eigenvalue weighted by molar-refractivity contribution is 5.51. The van der Waals surface area contributed by atoms with Crippen LogP contribution in [-0.2, 0) is 31.2 Å². The molecule has 15 heavy (non-hydrogen) atoms. The molecular weight excluding hydrogens is 192 g/mol. The quantitative estimate of drug-likeness (QED) is 0.770. The Morgan fingerprint density at radius 2 is 1.33 bits per heavy atom. The molecule has 0 saturated carbocycles. The van der Waals surface area contributed by atoms with Crippen molar-refractivity contribution < 1.29 is 14.9 Å². The molecule has 0 bridgehead atoms. The zero-order chi connectivity index (χ0) is 11.0. The Morgan fingerprint density at radius 3 is 1.67 bits per heavy atom.